The summed E-state index contributed by atoms with van der Waals surface area (Å²) >= 11 is 0. The van der Waals surface area contributed by atoms with Crippen LogP contribution in [0.2, 0.25) is 0 Å². The van der Waals surface area contributed by atoms with Crippen LogP contribution in [-0.2, 0) is 28.4 Å². The number of aliphatic hydroxyl groups excluding tert-OH is 1. The van der Waals surface area contributed by atoms with Crippen molar-refractivity contribution >= 4 is 22.8 Å². The lowest BCUT2D eigenvalue weighted by atomic mass is 10.0. The summed E-state index contributed by atoms with van der Waals surface area (Å²) in [6.45, 7) is 0.941. The fraction of sp³-hybridized carbons (Fsp3) is 0.227. The van der Waals surface area contributed by atoms with Gasteiger partial charge < -0.3 is 14.4 Å². The molecular formula is C22H15F6N3O3. The highest BCUT2D eigenvalue weighted by Gasteiger charge is 2.37. The van der Waals surface area contributed by atoms with Crippen molar-refractivity contribution < 1.29 is 41.0 Å². The maximum Gasteiger partial charge on any atom is 0.416 e. The molecule has 3 rings (SSSR count). The minimum Gasteiger partial charge on any atom is -0.506 e. The number of halogens is 6. The standard InChI is InChI=1S/C22H15F6N3O3/c1-2-34-20(33)16(9-29)18(32)17-11-31(19-15(17)4-3-5-30-19)10-12-6-13(21(23,24)25)8-14(7-12)22(26,27)28/h3-8,11,32H,2,10H2,1H3/b18-16-. The summed E-state index contributed by atoms with van der Waals surface area (Å²) < 4.78 is 85.2. The predicted molar refractivity (Wildman–Crippen MR) is 107 cm³/mol. The van der Waals surface area contributed by atoms with Gasteiger partial charge in [-0.1, -0.05) is 0 Å². The summed E-state index contributed by atoms with van der Waals surface area (Å²) in [5.41, 5.74) is -3.97. The molecule has 0 aliphatic carbocycles. The number of aliphatic hydroxyl groups is 1. The summed E-state index contributed by atoms with van der Waals surface area (Å²) in [5, 5.41) is 20.1. The quantitative estimate of drug-likeness (QED) is 0.171. The number of alkyl halides is 6. The van der Waals surface area contributed by atoms with Gasteiger partial charge in [0.1, 0.15) is 17.5 Å². The van der Waals surface area contributed by atoms with Crippen LogP contribution in [0.3, 0.4) is 0 Å². The van der Waals surface area contributed by atoms with E-state index in [9.17, 15) is 41.5 Å². The van der Waals surface area contributed by atoms with Crippen molar-refractivity contribution in [2.75, 3.05) is 6.61 Å². The van der Waals surface area contributed by atoms with Gasteiger partial charge >= 0.3 is 18.3 Å². The second-order valence-electron chi connectivity index (χ2n) is 7.02. The topological polar surface area (TPSA) is 88.1 Å². The minimum atomic E-state index is -5.01. The van der Waals surface area contributed by atoms with Crippen LogP contribution in [0.15, 0.2) is 48.3 Å². The first-order chi connectivity index (χ1) is 15.9. The van der Waals surface area contributed by atoms with Gasteiger partial charge in [0, 0.05) is 29.9 Å². The summed E-state index contributed by atoms with van der Waals surface area (Å²) in [5.74, 6) is -1.86. The van der Waals surface area contributed by atoms with Crippen LogP contribution < -0.4 is 0 Å². The van der Waals surface area contributed by atoms with E-state index in [2.05, 4.69) is 4.98 Å². The van der Waals surface area contributed by atoms with Crippen LogP contribution in [0.4, 0.5) is 26.3 Å². The smallest absolute Gasteiger partial charge is 0.416 e. The van der Waals surface area contributed by atoms with Crippen molar-refractivity contribution in [1.82, 2.24) is 9.55 Å². The molecule has 1 aromatic carbocycles. The van der Waals surface area contributed by atoms with Crippen LogP contribution >= 0.6 is 0 Å². The molecule has 0 atom stereocenters. The average molecular weight is 483 g/mol. The molecule has 2 heterocycles. The van der Waals surface area contributed by atoms with Gasteiger partial charge in [-0.2, -0.15) is 31.6 Å². The molecule has 0 amide bonds. The molecule has 0 saturated carbocycles. The van der Waals surface area contributed by atoms with Crippen LogP contribution in [0.5, 0.6) is 0 Å². The number of carbonyl (C=O) groups is 1. The van der Waals surface area contributed by atoms with Crippen molar-refractivity contribution in [3.05, 3.63) is 70.6 Å². The number of nitriles is 1. The largest absolute Gasteiger partial charge is 0.506 e. The van der Waals surface area contributed by atoms with Gasteiger partial charge in [-0.15, -0.1) is 0 Å². The van der Waals surface area contributed by atoms with Crippen molar-refractivity contribution in [1.29, 1.82) is 5.26 Å². The Labute approximate surface area is 188 Å². The highest BCUT2D eigenvalue weighted by Crippen LogP contribution is 2.37. The Bertz CT molecular complexity index is 1280. The van der Waals surface area contributed by atoms with Crippen molar-refractivity contribution in [3.63, 3.8) is 0 Å². The molecular weight excluding hydrogens is 468 g/mol. The number of rotatable bonds is 5. The summed E-state index contributed by atoms with van der Waals surface area (Å²) in [6.07, 6.45) is -7.52. The Hall–Kier alpha value is -4.01. The fourth-order valence-corrected chi connectivity index (χ4v) is 3.27. The highest BCUT2D eigenvalue weighted by molar-refractivity contribution is 6.03. The Morgan fingerprint density at radius 3 is 2.29 bits per heavy atom. The van der Waals surface area contributed by atoms with E-state index in [0.717, 1.165) is 0 Å². The first-order valence-corrected chi connectivity index (χ1v) is 9.59. The van der Waals surface area contributed by atoms with Crippen LogP contribution in [0.25, 0.3) is 16.8 Å². The van der Waals surface area contributed by atoms with E-state index in [-0.39, 0.29) is 34.8 Å². The number of hydrogen-bond donors (Lipinski definition) is 1. The fourth-order valence-electron chi connectivity index (χ4n) is 3.27. The average Bonchev–Trinajstić information content (AvgIpc) is 3.11. The number of carbonyl (C=O) groups excluding carboxylic acids is 1. The molecule has 0 unspecified atom stereocenters. The van der Waals surface area contributed by atoms with E-state index in [1.54, 1.807) is 0 Å². The van der Waals surface area contributed by atoms with Crippen LogP contribution in [0.1, 0.15) is 29.2 Å². The van der Waals surface area contributed by atoms with Crippen molar-refractivity contribution in [2.24, 2.45) is 0 Å². The van der Waals surface area contributed by atoms with Gasteiger partial charge in [0.25, 0.3) is 0 Å². The lowest BCUT2D eigenvalue weighted by Crippen LogP contribution is -2.12. The summed E-state index contributed by atoms with van der Waals surface area (Å²) in [6, 6.07) is 5.64. The number of fused-ring (bicyclic) bond motifs is 1. The summed E-state index contributed by atoms with van der Waals surface area (Å²) in [7, 11) is 0. The molecule has 0 saturated heterocycles. The first kappa shape index (κ1) is 24.6. The molecule has 0 radical (unpaired) electrons. The number of nitrogens with zero attached hydrogens (tertiary/aromatic N) is 3. The third-order valence-corrected chi connectivity index (χ3v) is 4.72. The van der Waals surface area contributed by atoms with E-state index < -0.39 is 47.3 Å². The molecule has 0 fully saturated rings. The van der Waals surface area contributed by atoms with Crippen LogP contribution in [-0.4, -0.2) is 27.2 Å². The van der Waals surface area contributed by atoms with E-state index in [0.29, 0.717) is 12.1 Å². The van der Waals surface area contributed by atoms with Gasteiger partial charge in [0.15, 0.2) is 5.57 Å². The lowest BCUT2D eigenvalue weighted by molar-refractivity contribution is -0.143. The molecule has 6 nitrogen and oxygen atoms in total. The zero-order chi connectivity index (χ0) is 25.3. The van der Waals surface area contributed by atoms with Gasteiger partial charge in [-0.25, -0.2) is 9.78 Å². The monoisotopic (exact) mass is 483 g/mol. The third kappa shape index (κ3) is 4.98. The molecule has 12 heteroatoms. The Kier molecular flexibility index (Phi) is 6.58. The first-order valence-electron chi connectivity index (χ1n) is 9.59. The Morgan fingerprint density at radius 2 is 1.76 bits per heavy atom. The minimum absolute atomic E-state index is 0.0219. The van der Waals surface area contributed by atoms with E-state index in [1.165, 1.54) is 42.1 Å². The van der Waals surface area contributed by atoms with Crippen molar-refractivity contribution in [3.8, 4) is 6.07 Å². The summed E-state index contributed by atoms with van der Waals surface area (Å²) in [4.78, 5) is 16.1. The van der Waals surface area contributed by atoms with E-state index in [4.69, 9.17) is 4.74 Å². The van der Waals surface area contributed by atoms with Crippen LogP contribution in [0, 0.1) is 11.3 Å². The van der Waals surface area contributed by atoms with Gasteiger partial charge in [0.2, 0.25) is 0 Å². The van der Waals surface area contributed by atoms with Gasteiger partial charge in [0.05, 0.1) is 17.7 Å². The number of esters is 1. The van der Waals surface area contributed by atoms with Gasteiger partial charge in [-0.3, -0.25) is 0 Å². The molecule has 0 spiro atoms. The Morgan fingerprint density at radius 1 is 1.15 bits per heavy atom. The molecule has 34 heavy (non-hydrogen) atoms. The second kappa shape index (κ2) is 9.09. The van der Waals surface area contributed by atoms with E-state index in [1.807, 2.05) is 0 Å². The number of ether oxygens (including phenoxy) is 1. The second-order valence-corrected chi connectivity index (χ2v) is 7.02. The number of aromatic nitrogens is 2. The molecule has 0 aliphatic heterocycles. The normalized spacial score (nSPS) is 12.9. The molecule has 1 N–H and O–H groups in total. The number of benzene rings is 1. The highest BCUT2D eigenvalue weighted by atomic mass is 19.4. The molecule has 3 aromatic rings. The number of hydrogen-bond acceptors (Lipinski definition) is 5. The molecule has 0 aliphatic rings. The molecule has 178 valence electrons. The maximum atomic E-state index is 13.2. The lowest BCUT2D eigenvalue weighted by Gasteiger charge is -2.14. The third-order valence-electron chi connectivity index (χ3n) is 4.72. The molecule has 0 bridgehead atoms. The SMILES string of the molecule is CCOC(=O)/C(C#N)=C(\O)c1cn(Cc2cc(C(F)(F)F)cc(C(F)(F)F)c2)c2ncccc12. The zero-order valence-electron chi connectivity index (χ0n) is 17.3. The predicted octanol–water partition coefficient (Wildman–Crippen LogP) is 5.48. The van der Waals surface area contributed by atoms with Gasteiger partial charge in [-0.05, 0) is 42.8 Å². The van der Waals surface area contributed by atoms with E-state index >= 15 is 0 Å². The molecule has 2 aromatic heterocycles. The Balaban J connectivity index is 2.17. The zero-order valence-corrected chi connectivity index (χ0v) is 17.3. The number of pyridine rings is 1. The van der Waals surface area contributed by atoms with Crippen molar-refractivity contribution in [2.45, 2.75) is 25.8 Å². The maximum absolute atomic E-state index is 13.2.